The topological polar surface area (TPSA) is 78.7 Å². The van der Waals surface area contributed by atoms with Crippen LogP contribution in [0.1, 0.15) is 35.2 Å². The highest BCUT2D eigenvalue weighted by atomic mass is 35.5. The molecular weight excluding hydrogens is 447 g/mol. The van der Waals surface area contributed by atoms with E-state index < -0.39 is 0 Å². The van der Waals surface area contributed by atoms with E-state index in [1.807, 2.05) is 23.1 Å². The van der Waals surface area contributed by atoms with Crippen LogP contribution in [0.5, 0.6) is 0 Å². The van der Waals surface area contributed by atoms with Gasteiger partial charge in [-0.05, 0) is 43.0 Å². The Balaban J connectivity index is 1.25. The number of hydrogen-bond donors (Lipinski definition) is 2. The summed E-state index contributed by atoms with van der Waals surface area (Å²) in [5.74, 6) is -0.417. The molecule has 2 aliphatic heterocycles. The lowest BCUT2D eigenvalue weighted by atomic mass is 9.81. The molecule has 0 aromatic heterocycles. The van der Waals surface area contributed by atoms with Crippen molar-refractivity contribution in [2.75, 3.05) is 32.7 Å². The monoisotopic (exact) mass is 474 g/mol. The molecule has 0 bridgehead atoms. The molecule has 170 valence electrons. The van der Waals surface area contributed by atoms with Crippen molar-refractivity contribution in [2.45, 2.75) is 30.8 Å². The predicted octanol–water partition coefficient (Wildman–Crippen LogP) is 3.27. The normalized spacial score (nSPS) is 20.8. The molecule has 2 saturated heterocycles. The van der Waals surface area contributed by atoms with Gasteiger partial charge in [0.2, 0.25) is 5.91 Å². The van der Waals surface area contributed by atoms with Crippen molar-refractivity contribution < 1.29 is 9.59 Å². The van der Waals surface area contributed by atoms with Crippen LogP contribution in [0.25, 0.3) is 0 Å². The summed E-state index contributed by atoms with van der Waals surface area (Å²) in [4.78, 5) is 29.2. The second-order valence-electron chi connectivity index (χ2n) is 8.65. The van der Waals surface area contributed by atoms with Crippen LogP contribution in [-0.4, -0.2) is 60.4 Å². The van der Waals surface area contributed by atoms with Crippen molar-refractivity contribution in [1.29, 1.82) is 0 Å². The van der Waals surface area contributed by atoms with Crippen molar-refractivity contribution >= 4 is 35.0 Å². The largest absolute Gasteiger partial charge is 0.343 e. The minimum atomic E-state index is -0.344. The molecule has 1 atom stereocenters. The van der Waals surface area contributed by atoms with E-state index in [0.29, 0.717) is 34.7 Å². The molecule has 0 aliphatic carbocycles. The fourth-order valence-corrected chi connectivity index (χ4v) is 4.92. The fourth-order valence-electron chi connectivity index (χ4n) is 4.62. The first-order valence-electron chi connectivity index (χ1n) is 11.0. The summed E-state index contributed by atoms with van der Waals surface area (Å²) in [6.45, 7) is 3.20. The molecule has 2 heterocycles. The molecule has 2 aliphatic rings. The Labute approximate surface area is 198 Å². The van der Waals surface area contributed by atoms with E-state index in [1.165, 1.54) is 11.6 Å². The highest BCUT2D eigenvalue weighted by molar-refractivity contribution is 6.42. The average molecular weight is 475 g/mol. The third kappa shape index (κ3) is 5.09. The Morgan fingerprint density at radius 3 is 2.44 bits per heavy atom. The molecule has 1 unspecified atom stereocenters. The van der Waals surface area contributed by atoms with E-state index in [4.69, 9.17) is 28.9 Å². The Morgan fingerprint density at radius 1 is 1.03 bits per heavy atom. The van der Waals surface area contributed by atoms with E-state index in [1.54, 1.807) is 12.1 Å². The van der Waals surface area contributed by atoms with Gasteiger partial charge in [-0.15, -0.1) is 0 Å². The fraction of sp³-hybridized carbons (Fsp3) is 0.417. The molecule has 2 aromatic carbocycles. The van der Waals surface area contributed by atoms with Crippen LogP contribution in [0, 0.1) is 0 Å². The number of nitrogens with one attached hydrogen (secondary N) is 1. The standard InChI is InChI=1S/C24H28Cl2N4O2/c25-20-7-6-17(14-21(20)26)23(32)28-15-22(31)30-11-8-19(16-30)29-12-9-24(27,10-13-29)18-4-2-1-3-5-18/h1-7,14,19H,8-13,15-16,27H2,(H,28,32). The third-order valence-corrected chi connectivity index (χ3v) is 7.39. The lowest BCUT2D eigenvalue weighted by molar-refractivity contribution is -0.129. The summed E-state index contributed by atoms with van der Waals surface area (Å²) < 4.78 is 0. The number of piperidine rings is 1. The maximum Gasteiger partial charge on any atom is 0.251 e. The molecular formula is C24H28Cl2N4O2. The number of rotatable bonds is 5. The zero-order valence-corrected chi connectivity index (χ0v) is 19.4. The zero-order valence-electron chi connectivity index (χ0n) is 17.9. The van der Waals surface area contributed by atoms with Crippen LogP contribution in [0.4, 0.5) is 0 Å². The average Bonchev–Trinajstić information content (AvgIpc) is 3.30. The number of hydrogen-bond acceptors (Lipinski definition) is 4. The van der Waals surface area contributed by atoms with E-state index in [-0.39, 0.29) is 23.9 Å². The number of carbonyl (C=O) groups is 2. The van der Waals surface area contributed by atoms with Gasteiger partial charge in [-0.2, -0.15) is 0 Å². The number of nitrogens with zero attached hydrogens (tertiary/aromatic N) is 2. The first-order chi connectivity index (χ1) is 15.4. The molecule has 2 aromatic rings. The van der Waals surface area contributed by atoms with Crippen LogP contribution in [0.2, 0.25) is 10.0 Å². The van der Waals surface area contributed by atoms with Gasteiger partial charge in [-0.1, -0.05) is 53.5 Å². The summed E-state index contributed by atoms with van der Waals surface area (Å²) in [5.41, 5.74) is 8.00. The Morgan fingerprint density at radius 2 is 1.75 bits per heavy atom. The van der Waals surface area contributed by atoms with Gasteiger partial charge in [-0.25, -0.2) is 0 Å². The summed E-state index contributed by atoms with van der Waals surface area (Å²) in [7, 11) is 0. The number of halogens is 2. The van der Waals surface area contributed by atoms with Crippen molar-refractivity contribution in [3.05, 3.63) is 69.7 Å². The van der Waals surface area contributed by atoms with Gasteiger partial charge in [0, 0.05) is 43.3 Å². The second-order valence-corrected chi connectivity index (χ2v) is 9.47. The predicted molar refractivity (Wildman–Crippen MR) is 127 cm³/mol. The SMILES string of the molecule is NC1(c2ccccc2)CCN(C2CCN(C(=O)CNC(=O)c3ccc(Cl)c(Cl)c3)C2)CC1. The molecule has 6 nitrogen and oxygen atoms in total. The molecule has 2 amide bonds. The number of benzene rings is 2. The van der Waals surface area contributed by atoms with Crippen molar-refractivity contribution in [1.82, 2.24) is 15.1 Å². The summed E-state index contributed by atoms with van der Waals surface area (Å²) in [6.07, 6.45) is 2.75. The molecule has 2 fully saturated rings. The number of amides is 2. The third-order valence-electron chi connectivity index (χ3n) is 6.65. The van der Waals surface area contributed by atoms with E-state index in [9.17, 15) is 9.59 Å². The molecule has 8 heteroatoms. The molecule has 0 radical (unpaired) electrons. The van der Waals surface area contributed by atoms with Crippen molar-refractivity contribution in [3.63, 3.8) is 0 Å². The first kappa shape index (κ1) is 23.1. The van der Waals surface area contributed by atoms with Crippen molar-refractivity contribution in [2.24, 2.45) is 5.73 Å². The Hall–Kier alpha value is -2.12. The number of nitrogens with two attached hydrogens (primary N) is 1. The Bertz CT molecular complexity index is 977. The van der Waals surface area contributed by atoms with E-state index >= 15 is 0 Å². The number of carbonyl (C=O) groups excluding carboxylic acids is 2. The smallest absolute Gasteiger partial charge is 0.251 e. The van der Waals surface area contributed by atoms with E-state index in [2.05, 4.69) is 22.3 Å². The summed E-state index contributed by atoms with van der Waals surface area (Å²) in [5, 5.41) is 3.38. The Kier molecular flexibility index (Phi) is 7.05. The van der Waals surface area contributed by atoms with Crippen LogP contribution in [0.15, 0.2) is 48.5 Å². The highest BCUT2D eigenvalue weighted by Crippen LogP contribution is 2.32. The summed E-state index contributed by atoms with van der Waals surface area (Å²) >= 11 is 11.9. The number of likely N-dealkylation sites (tertiary alicyclic amines) is 2. The molecule has 32 heavy (non-hydrogen) atoms. The van der Waals surface area contributed by atoms with Crippen LogP contribution in [-0.2, 0) is 10.3 Å². The van der Waals surface area contributed by atoms with Gasteiger partial charge >= 0.3 is 0 Å². The maximum absolute atomic E-state index is 12.6. The lowest BCUT2D eigenvalue weighted by Gasteiger charge is -2.42. The quantitative estimate of drug-likeness (QED) is 0.696. The van der Waals surface area contributed by atoms with Crippen LogP contribution < -0.4 is 11.1 Å². The zero-order chi connectivity index (χ0) is 22.7. The molecule has 3 N–H and O–H groups in total. The molecule has 0 saturated carbocycles. The van der Waals surface area contributed by atoms with Crippen LogP contribution in [0.3, 0.4) is 0 Å². The van der Waals surface area contributed by atoms with Gasteiger partial charge in [-0.3, -0.25) is 14.5 Å². The van der Waals surface area contributed by atoms with Gasteiger partial charge < -0.3 is 16.0 Å². The van der Waals surface area contributed by atoms with E-state index in [0.717, 1.165) is 32.4 Å². The first-order valence-corrected chi connectivity index (χ1v) is 11.7. The minimum absolute atomic E-state index is 0.0360. The van der Waals surface area contributed by atoms with Gasteiger partial charge in [0.1, 0.15) is 0 Å². The molecule has 4 rings (SSSR count). The second kappa shape index (κ2) is 9.79. The van der Waals surface area contributed by atoms with Gasteiger partial charge in [0.15, 0.2) is 0 Å². The minimum Gasteiger partial charge on any atom is -0.343 e. The van der Waals surface area contributed by atoms with Gasteiger partial charge in [0.25, 0.3) is 5.91 Å². The maximum atomic E-state index is 12.6. The van der Waals surface area contributed by atoms with Crippen LogP contribution >= 0.6 is 23.2 Å². The highest BCUT2D eigenvalue weighted by Gasteiger charge is 2.37. The molecule has 0 spiro atoms. The van der Waals surface area contributed by atoms with Gasteiger partial charge in [0.05, 0.1) is 16.6 Å². The lowest BCUT2D eigenvalue weighted by Crippen LogP contribution is -2.51. The summed E-state index contributed by atoms with van der Waals surface area (Å²) in [6, 6.07) is 15.3. The van der Waals surface area contributed by atoms with Crippen molar-refractivity contribution in [3.8, 4) is 0 Å².